The maximum atomic E-state index is 11.5. The van der Waals surface area contributed by atoms with E-state index < -0.39 is 6.09 Å². The molecule has 0 saturated heterocycles. The lowest BCUT2D eigenvalue weighted by molar-refractivity contribution is 0.165. The minimum absolute atomic E-state index is 0.0521. The lowest BCUT2D eigenvalue weighted by Gasteiger charge is -2.33. The molecular weight excluding hydrogens is 244 g/mol. The van der Waals surface area contributed by atoms with Crippen LogP contribution in [-0.4, -0.2) is 26.4 Å². The molecule has 1 aromatic rings. The maximum absolute atomic E-state index is 11.5. The van der Waals surface area contributed by atoms with Crippen LogP contribution in [0.1, 0.15) is 31.4 Å². The van der Waals surface area contributed by atoms with Crippen LogP contribution in [0.2, 0.25) is 0 Å². The number of methoxy groups -OCH3 is 2. The molecule has 0 radical (unpaired) electrons. The Morgan fingerprint density at radius 1 is 1.47 bits per heavy atom. The van der Waals surface area contributed by atoms with Gasteiger partial charge in [0.1, 0.15) is 5.75 Å². The summed E-state index contributed by atoms with van der Waals surface area (Å²) in [6.07, 6.45) is 1.44. The molecule has 1 aliphatic rings. The van der Waals surface area contributed by atoms with Crippen molar-refractivity contribution in [3.05, 3.63) is 23.8 Å². The molecule has 1 amide bonds. The summed E-state index contributed by atoms with van der Waals surface area (Å²) in [5, 5.41) is 6.36. The highest BCUT2D eigenvalue weighted by Gasteiger charge is 2.27. The third-order valence-electron chi connectivity index (χ3n) is 3.48. The lowest BCUT2D eigenvalue weighted by atomic mass is 9.91. The Hall–Kier alpha value is -1.91. The molecule has 104 valence electrons. The number of carbonyl (C=O) groups is 1. The number of anilines is 1. The molecule has 0 bridgehead atoms. The van der Waals surface area contributed by atoms with Gasteiger partial charge in [0, 0.05) is 17.3 Å². The van der Waals surface area contributed by atoms with E-state index in [1.165, 1.54) is 7.11 Å². The van der Waals surface area contributed by atoms with Gasteiger partial charge in [-0.3, -0.25) is 0 Å². The van der Waals surface area contributed by atoms with Gasteiger partial charge >= 0.3 is 6.09 Å². The molecule has 5 nitrogen and oxygen atoms in total. The minimum Gasteiger partial charge on any atom is -0.497 e. The number of carbonyl (C=O) groups excluding carboxylic acids is 1. The quantitative estimate of drug-likeness (QED) is 0.881. The molecule has 0 aliphatic carbocycles. The molecular formula is C14H20N2O3. The zero-order valence-corrected chi connectivity index (χ0v) is 11.5. The van der Waals surface area contributed by atoms with Crippen LogP contribution in [0.25, 0.3) is 0 Å². The van der Waals surface area contributed by atoms with Crippen molar-refractivity contribution >= 4 is 11.8 Å². The van der Waals surface area contributed by atoms with Crippen LogP contribution in [0.4, 0.5) is 10.5 Å². The third-order valence-corrected chi connectivity index (χ3v) is 3.48. The van der Waals surface area contributed by atoms with Crippen molar-refractivity contribution in [1.29, 1.82) is 0 Å². The van der Waals surface area contributed by atoms with Gasteiger partial charge < -0.3 is 20.1 Å². The van der Waals surface area contributed by atoms with Crippen molar-refractivity contribution in [2.45, 2.75) is 31.8 Å². The predicted octanol–water partition coefficient (Wildman–Crippen LogP) is 2.69. The normalized spacial score (nSPS) is 21.0. The molecule has 0 aromatic heterocycles. The zero-order valence-electron chi connectivity index (χ0n) is 11.5. The standard InChI is InChI=1S/C14H20N2O3/c1-4-9-7-13(16-14(17)19-3)11-8-10(18-2)5-6-12(11)15-9/h5-6,8-9,13,15H,4,7H2,1-3H3,(H,16,17)/t9-,13+/m0/s1. The fourth-order valence-electron chi connectivity index (χ4n) is 2.38. The summed E-state index contributed by atoms with van der Waals surface area (Å²) in [7, 11) is 3.01. The molecule has 0 fully saturated rings. The first-order chi connectivity index (χ1) is 9.17. The summed E-state index contributed by atoms with van der Waals surface area (Å²) in [4.78, 5) is 11.5. The molecule has 1 heterocycles. The Morgan fingerprint density at radius 3 is 2.89 bits per heavy atom. The fraction of sp³-hybridized carbons (Fsp3) is 0.500. The van der Waals surface area contributed by atoms with Gasteiger partial charge in [0.2, 0.25) is 0 Å². The second kappa shape index (κ2) is 5.82. The van der Waals surface area contributed by atoms with E-state index in [4.69, 9.17) is 9.47 Å². The van der Waals surface area contributed by atoms with Crippen LogP contribution < -0.4 is 15.4 Å². The van der Waals surface area contributed by atoms with E-state index in [9.17, 15) is 4.79 Å². The number of amides is 1. The summed E-state index contributed by atoms with van der Waals surface area (Å²) < 4.78 is 9.93. The molecule has 19 heavy (non-hydrogen) atoms. The summed E-state index contributed by atoms with van der Waals surface area (Å²) in [6.45, 7) is 2.13. The average Bonchev–Trinajstić information content (AvgIpc) is 2.46. The SMILES string of the molecule is CC[C@H]1C[C@@H](NC(=O)OC)c2cc(OC)ccc2N1. The molecule has 0 unspecified atom stereocenters. The highest BCUT2D eigenvalue weighted by molar-refractivity contribution is 5.69. The van der Waals surface area contributed by atoms with Crippen LogP contribution >= 0.6 is 0 Å². The summed E-state index contributed by atoms with van der Waals surface area (Å²) >= 11 is 0. The van der Waals surface area contributed by atoms with Crippen LogP contribution in [0, 0.1) is 0 Å². The smallest absolute Gasteiger partial charge is 0.407 e. The second-order valence-electron chi connectivity index (χ2n) is 4.63. The van der Waals surface area contributed by atoms with E-state index in [-0.39, 0.29) is 6.04 Å². The van der Waals surface area contributed by atoms with Gasteiger partial charge in [0.15, 0.2) is 0 Å². The Balaban J connectivity index is 2.30. The molecule has 2 N–H and O–H groups in total. The Morgan fingerprint density at radius 2 is 2.26 bits per heavy atom. The van der Waals surface area contributed by atoms with Gasteiger partial charge in [-0.15, -0.1) is 0 Å². The molecule has 0 spiro atoms. The Labute approximate surface area is 113 Å². The summed E-state index contributed by atoms with van der Waals surface area (Å²) in [5.74, 6) is 0.784. The highest BCUT2D eigenvalue weighted by Crippen LogP contribution is 2.35. The topological polar surface area (TPSA) is 59.6 Å². The Bertz CT molecular complexity index is 462. The van der Waals surface area contributed by atoms with Crippen molar-refractivity contribution < 1.29 is 14.3 Å². The molecule has 2 atom stereocenters. The predicted molar refractivity (Wildman–Crippen MR) is 73.6 cm³/mol. The van der Waals surface area contributed by atoms with Crippen LogP contribution in [0.5, 0.6) is 5.75 Å². The monoisotopic (exact) mass is 264 g/mol. The van der Waals surface area contributed by atoms with E-state index in [2.05, 4.69) is 17.6 Å². The number of alkyl carbamates (subject to hydrolysis) is 1. The number of nitrogens with one attached hydrogen (secondary N) is 2. The molecule has 1 aliphatic heterocycles. The molecule has 0 saturated carbocycles. The van der Waals surface area contributed by atoms with Crippen LogP contribution in [0.3, 0.4) is 0 Å². The van der Waals surface area contributed by atoms with Gasteiger partial charge in [-0.05, 0) is 31.0 Å². The first-order valence-corrected chi connectivity index (χ1v) is 6.46. The fourth-order valence-corrected chi connectivity index (χ4v) is 2.38. The van der Waals surface area contributed by atoms with E-state index in [0.29, 0.717) is 6.04 Å². The van der Waals surface area contributed by atoms with Crippen LogP contribution in [-0.2, 0) is 4.74 Å². The molecule has 2 rings (SSSR count). The van der Waals surface area contributed by atoms with Gasteiger partial charge in [0.05, 0.1) is 20.3 Å². The van der Waals surface area contributed by atoms with Crippen molar-refractivity contribution in [3.8, 4) is 5.75 Å². The van der Waals surface area contributed by atoms with Gasteiger partial charge in [-0.1, -0.05) is 6.92 Å². The molecule has 1 aromatic carbocycles. The average molecular weight is 264 g/mol. The van der Waals surface area contributed by atoms with Crippen LogP contribution in [0.15, 0.2) is 18.2 Å². The highest BCUT2D eigenvalue weighted by atomic mass is 16.5. The first-order valence-electron chi connectivity index (χ1n) is 6.46. The van der Waals surface area contributed by atoms with Crippen molar-refractivity contribution in [1.82, 2.24) is 5.32 Å². The van der Waals surface area contributed by atoms with E-state index in [1.54, 1.807) is 7.11 Å². The number of rotatable bonds is 3. The largest absolute Gasteiger partial charge is 0.497 e. The Kier molecular flexibility index (Phi) is 4.14. The lowest BCUT2D eigenvalue weighted by Crippen LogP contribution is -2.37. The number of hydrogen-bond donors (Lipinski definition) is 2. The summed E-state index contributed by atoms with van der Waals surface area (Å²) in [5.41, 5.74) is 2.08. The zero-order chi connectivity index (χ0) is 13.8. The van der Waals surface area contributed by atoms with Gasteiger partial charge in [0.25, 0.3) is 0 Å². The minimum atomic E-state index is -0.407. The van der Waals surface area contributed by atoms with Crippen molar-refractivity contribution in [3.63, 3.8) is 0 Å². The van der Waals surface area contributed by atoms with E-state index in [0.717, 1.165) is 29.8 Å². The third kappa shape index (κ3) is 2.92. The number of hydrogen-bond acceptors (Lipinski definition) is 4. The van der Waals surface area contributed by atoms with Gasteiger partial charge in [-0.25, -0.2) is 4.79 Å². The van der Waals surface area contributed by atoms with Crippen molar-refractivity contribution in [2.75, 3.05) is 19.5 Å². The van der Waals surface area contributed by atoms with Gasteiger partial charge in [-0.2, -0.15) is 0 Å². The van der Waals surface area contributed by atoms with E-state index >= 15 is 0 Å². The van der Waals surface area contributed by atoms with E-state index in [1.807, 2.05) is 18.2 Å². The van der Waals surface area contributed by atoms with Crippen molar-refractivity contribution in [2.24, 2.45) is 0 Å². The number of benzene rings is 1. The molecule has 5 heteroatoms. The summed E-state index contributed by atoms with van der Waals surface area (Å²) in [6, 6.07) is 6.15. The maximum Gasteiger partial charge on any atom is 0.407 e. The second-order valence-corrected chi connectivity index (χ2v) is 4.63. The first kappa shape index (κ1) is 13.5. The number of ether oxygens (including phenoxy) is 2. The number of fused-ring (bicyclic) bond motifs is 1.